The Morgan fingerprint density at radius 3 is 2.63 bits per heavy atom. The highest BCUT2D eigenvalue weighted by Gasteiger charge is 2.11. The summed E-state index contributed by atoms with van der Waals surface area (Å²) in [6.45, 7) is 3.24. The van der Waals surface area contributed by atoms with Gasteiger partial charge in [0, 0.05) is 22.0 Å². The Hall–Kier alpha value is -0.940. The summed E-state index contributed by atoms with van der Waals surface area (Å²) in [5.41, 5.74) is 2.62. The fraction of sp³-hybridized carbons (Fsp3) is 0.312. The first kappa shape index (κ1) is 14.5. The summed E-state index contributed by atoms with van der Waals surface area (Å²) in [6, 6.07) is 13.3. The van der Waals surface area contributed by atoms with E-state index in [1.807, 2.05) is 18.5 Å². The second-order valence-corrected chi connectivity index (χ2v) is 5.87. The number of nitrogens with zero attached hydrogens (tertiary/aromatic N) is 1. The lowest BCUT2D eigenvalue weighted by atomic mass is 10.00. The Bertz CT molecular complexity index is 482. The van der Waals surface area contributed by atoms with Crippen LogP contribution in [0.3, 0.4) is 0 Å². The molecule has 1 atom stereocenters. The number of rotatable bonds is 6. The van der Waals surface area contributed by atoms with Gasteiger partial charge in [0.2, 0.25) is 0 Å². The van der Waals surface area contributed by atoms with Crippen LogP contribution in [0.1, 0.15) is 30.5 Å². The summed E-state index contributed by atoms with van der Waals surface area (Å²) in [5, 5.41) is 3.62. The molecule has 0 saturated heterocycles. The van der Waals surface area contributed by atoms with E-state index in [2.05, 4.69) is 70.1 Å². The van der Waals surface area contributed by atoms with Gasteiger partial charge >= 0.3 is 0 Å². The number of aromatic nitrogens is 1. The Kier molecular flexibility index (Phi) is 5.79. The van der Waals surface area contributed by atoms with Crippen LogP contribution >= 0.6 is 22.6 Å². The summed E-state index contributed by atoms with van der Waals surface area (Å²) in [5.74, 6) is 0. The smallest absolute Gasteiger partial charge is 0.0361 e. The number of pyridine rings is 1. The molecule has 0 bridgehead atoms. The summed E-state index contributed by atoms with van der Waals surface area (Å²) < 4.78 is 1.27. The van der Waals surface area contributed by atoms with Crippen molar-refractivity contribution in [3.63, 3.8) is 0 Å². The Morgan fingerprint density at radius 2 is 2.00 bits per heavy atom. The zero-order valence-corrected chi connectivity index (χ0v) is 13.3. The summed E-state index contributed by atoms with van der Waals surface area (Å²) in [6.07, 6.45) is 5.90. The third-order valence-corrected chi connectivity index (χ3v) is 3.79. The summed E-state index contributed by atoms with van der Waals surface area (Å²) >= 11 is 2.34. The predicted octanol–water partition coefficient (Wildman–Crippen LogP) is 3.97. The van der Waals surface area contributed by atoms with Crippen molar-refractivity contribution in [1.29, 1.82) is 0 Å². The Labute approximate surface area is 128 Å². The van der Waals surface area contributed by atoms with Gasteiger partial charge in [-0.05, 0) is 71.3 Å². The van der Waals surface area contributed by atoms with Crippen molar-refractivity contribution in [3.05, 3.63) is 63.5 Å². The molecule has 0 amide bonds. The van der Waals surface area contributed by atoms with Crippen LogP contribution in [0.15, 0.2) is 48.8 Å². The fourth-order valence-electron chi connectivity index (χ4n) is 2.08. The lowest BCUT2D eigenvalue weighted by Gasteiger charge is -2.19. The van der Waals surface area contributed by atoms with Crippen LogP contribution in [0, 0.1) is 3.57 Å². The van der Waals surface area contributed by atoms with E-state index in [4.69, 9.17) is 0 Å². The van der Waals surface area contributed by atoms with Crippen molar-refractivity contribution in [3.8, 4) is 0 Å². The molecule has 100 valence electrons. The van der Waals surface area contributed by atoms with Gasteiger partial charge in [-0.25, -0.2) is 0 Å². The van der Waals surface area contributed by atoms with E-state index in [-0.39, 0.29) is 0 Å². The van der Waals surface area contributed by atoms with E-state index in [9.17, 15) is 0 Å². The zero-order chi connectivity index (χ0) is 13.5. The van der Waals surface area contributed by atoms with E-state index >= 15 is 0 Å². The minimum Gasteiger partial charge on any atom is -0.310 e. The maximum Gasteiger partial charge on any atom is 0.0361 e. The highest BCUT2D eigenvalue weighted by Crippen LogP contribution is 2.19. The normalized spacial score (nSPS) is 12.3. The summed E-state index contributed by atoms with van der Waals surface area (Å²) in [4.78, 5) is 4.20. The average molecular weight is 366 g/mol. The average Bonchev–Trinajstić information content (AvgIpc) is 2.45. The molecule has 1 unspecified atom stereocenters. The third kappa shape index (κ3) is 4.58. The van der Waals surface area contributed by atoms with E-state index in [1.165, 1.54) is 14.7 Å². The van der Waals surface area contributed by atoms with Gasteiger partial charge in [0.15, 0.2) is 0 Å². The van der Waals surface area contributed by atoms with Gasteiger partial charge in [-0.1, -0.05) is 25.1 Å². The molecular weight excluding hydrogens is 347 g/mol. The first-order valence-electron chi connectivity index (χ1n) is 6.67. The van der Waals surface area contributed by atoms with Gasteiger partial charge in [0.1, 0.15) is 0 Å². The fourth-order valence-corrected chi connectivity index (χ4v) is 2.44. The second kappa shape index (κ2) is 7.60. The molecule has 1 aromatic heterocycles. The highest BCUT2D eigenvalue weighted by atomic mass is 127. The quantitative estimate of drug-likeness (QED) is 0.783. The Balaban J connectivity index is 2.13. The standard InChI is InChI=1S/C16H19IN2/c1-2-9-19-16(11-13-4-3-10-18-12-13)14-5-7-15(17)8-6-14/h3-8,10,12,16,19H,2,9,11H2,1H3. The molecule has 0 aliphatic carbocycles. The van der Waals surface area contributed by atoms with Crippen LogP contribution in [-0.2, 0) is 6.42 Å². The first-order valence-corrected chi connectivity index (χ1v) is 7.75. The van der Waals surface area contributed by atoms with Crippen molar-refractivity contribution in [1.82, 2.24) is 10.3 Å². The van der Waals surface area contributed by atoms with Gasteiger partial charge in [-0.3, -0.25) is 4.98 Å². The molecule has 0 aliphatic heterocycles. The van der Waals surface area contributed by atoms with Gasteiger partial charge in [0.05, 0.1) is 0 Å². The molecule has 0 saturated carbocycles. The minimum atomic E-state index is 0.362. The van der Waals surface area contributed by atoms with Crippen LogP contribution in [0.4, 0.5) is 0 Å². The van der Waals surface area contributed by atoms with Crippen molar-refractivity contribution in [2.24, 2.45) is 0 Å². The molecule has 19 heavy (non-hydrogen) atoms. The molecule has 2 nitrogen and oxygen atoms in total. The summed E-state index contributed by atoms with van der Waals surface area (Å²) in [7, 11) is 0. The molecule has 1 aromatic carbocycles. The molecule has 0 spiro atoms. The van der Waals surface area contributed by atoms with Gasteiger partial charge in [-0.2, -0.15) is 0 Å². The number of hydrogen-bond acceptors (Lipinski definition) is 2. The van der Waals surface area contributed by atoms with Crippen molar-refractivity contribution in [2.75, 3.05) is 6.54 Å². The van der Waals surface area contributed by atoms with E-state index in [0.29, 0.717) is 6.04 Å². The number of halogens is 1. The molecule has 2 rings (SSSR count). The first-order chi connectivity index (χ1) is 9.29. The monoisotopic (exact) mass is 366 g/mol. The van der Waals surface area contributed by atoms with Crippen LogP contribution in [0.25, 0.3) is 0 Å². The lowest BCUT2D eigenvalue weighted by Crippen LogP contribution is -2.24. The minimum absolute atomic E-state index is 0.362. The van der Waals surface area contributed by atoms with Gasteiger partial charge < -0.3 is 5.32 Å². The van der Waals surface area contributed by atoms with Crippen molar-refractivity contribution in [2.45, 2.75) is 25.8 Å². The maximum absolute atomic E-state index is 4.20. The lowest BCUT2D eigenvalue weighted by molar-refractivity contribution is 0.528. The zero-order valence-electron chi connectivity index (χ0n) is 11.1. The van der Waals surface area contributed by atoms with E-state index < -0.39 is 0 Å². The van der Waals surface area contributed by atoms with Crippen LogP contribution in [0.2, 0.25) is 0 Å². The molecule has 3 heteroatoms. The third-order valence-electron chi connectivity index (χ3n) is 3.08. The van der Waals surface area contributed by atoms with Crippen LogP contribution in [-0.4, -0.2) is 11.5 Å². The SMILES string of the molecule is CCCNC(Cc1cccnc1)c1ccc(I)cc1. The van der Waals surface area contributed by atoms with Gasteiger partial charge in [-0.15, -0.1) is 0 Å². The number of nitrogens with one attached hydrogen (secondary N) is 1. The molecule has 1 N–H and O–H groups in total. The maximum atomic E-state index is 4.20. The molecule has 2 aromatic rings. The molecule has 1 heterocycles. The molecule has 0 radical (unpaired) electrons. The van der Waals surface area contributed by atoms with Crippen LogP contribution in [0.5, 0.6) is 0 Å². The number of hydrogen-bond donors (Lipinski definition) is 1. The van der Waals surface area contributed by atoms with E-state index in [0.717, 1.165) is 19.4 Å². The van der Waals surface area contributed by atoms with Crippen LogP contribution < -0.4 is 5.32 Å². The molecule has 0 aliphatic rings. The molecular formula is C16H19IN2. The predicted molar refractivity (Wildman–Crippen MR) is 88.1 cm³/mol. The van der Waals surface area contributed by atoms with Gasteiger partial charge in [0.25, 0.3) is 0 Å². The molecule has 0 fully saturated rings. The topological polar surface area (TPSA) is 24.9 Å². The van der Waals surface area contributed by atoms with E-state index in [1.54, 1.807) is 0 Å². The van der Waals surface area contributed by atoms with Crippen molar-refractivity contribution >= 4 is 22.6 Å². The number of benzene rings is 1. The second-order valence-electron chi connectivity index (χ2n) is 4.62. The largest absolute Gasteiger partial charge is 0.310 e. The highest BCUT2D eigenvalue weighted by molar-refractivity contribution is 14.1. The van der Waals surface area contributed by atoms with Crippen molar-refractivity contribution < 1.29 is 0 Å². The Morgan fingerprint density at radius 1 is 1.21 bits per heavy atom.